The summed E-state index contributed by atoms with van der Waals surface area (Å²) in [6.07, 6.45) is 0. The number of benzene rings is 2. The Morgan fingerprint density at radius 2 is 1.80 bits per heavy atom. The minimum atomic E-state index is -1.19. The van der Waals surface area contributed by atoms with Crippen LogP contribution in [-0.2, 0) is 10.1 Å². The molecule has 148 valence electrons. The molecule has 2 aliphatic heterocycles. The molecule has 2 amide bonds. The third-order valence-corrected chi connectivity index (χ3v) is 6.46. The topological polar surface area (TPSA) is 76.7 Å². The molecule has 4 atom stereocenters. The second-order valence-electron chi connectivity index (χ2n) is 8.12. The molecular formula is C22H20B2N2O4. The maximum atomic E-state index is 13.0. The number of carbonyl (C=O) groups is 2. The molecule has 0 bridgehead atoms. The van der Waals surface area contributed by atoms with Gasteiger partial charge in [-0.05, 0) is 17.7 Å². The third-order valence-electron chi connectivity index (χ3n) is 6.46. The Kier molecular flexibility index (Phi) is 4.43. The van der Waals surface area contributed by atoms with Gasteiger partial charge in [-0.1, -0.05) is 30.3 Å². The average molecular weight is 398 g/mol. The summed E-state index contributed by atoms with van der Waals surface area (Å²) in [6.45, 7) is 1.35. The van der Waals surface area contributed by atoms with E-state index in [1.165, 1.54) is 13.1 Å². The molecule has 2 aromatic rings. The summed E-state index contributed by atoms with van der Waals surface area (Å²) in [5.74, 6) is 0.426. The maximum absolute atomic E-state index is 13.0. The number of ether oxygens (including phenoxy) is 2. The van der Waals surface area contributed by atoms with Crippen LogP contribution in [0.1, 0.15) is 31.8 Å². The van der Waals surface area contributed by atoms with Crippen molar-refractivity contribution < 1.29 is 19.1 Å². The minimum Gasteiger partial charge on any atom is -0.499 e. The third kappa shape index (κ3) is 2.77. The Morgan fingerprint density at radius 3 is 2.47 bits per heavy atom. The van der Waals surface area contributed by atoms with Crippen LogP contribution >= 0.6 is 0 Å². The Labute approximate surface area is 177 Å². The monoisotopic (exact) mass is 398 g/mol. The van der Waals surface area contributed by atoms with Crippen LogP contribution in [0.15, 0.2) is 42.5 Å². The number of hydrogen-bond donors (Lipinski definition) is 2. The molecule has 5 rings (SSSR count). The first kappa shape index (κ1) is 19.2. The van der Waals surface area contributed by atoms with Crippen molar-refractivity contribution in [1.29, 1.82) is 0 Å². The molecule has 1 aliphatic carbocycles. The lowest BCUT2D eigenvalue weighted by Gasteiger charge is -2.30. The van der Waals surface area contributed by atoms with E-state index in [0.29, 0.717) is 41.9 Å². The Balaban J connectivity index is 1.57. The first-order valence-corrected chi connectivity index (χ1v) is 10.0. The summed E-state index contributed by atoms with van der Waals surface area (Å²) < 4.78 is 11.3. The average Bonchev–Trinajstić information content (AvgIpc) is 3.09. The zero-order valence-corrected chi connectivity index (χ0v) is 16.6. The van der Waals surface area contributed by atoms with Gasteiger partial charge in [0.25, 0.3) is 11.8 Å². The van der Waals surface area contributed by atoms with E-state index in [2.05, 4.69) is 10.6 Å². The van der Waals surface area contributed by atoms with Gasteiger partial charge in [-0.3, -0.25) is 9.59 Å². The van der Waals surface area contributed by atoms with E-state index in [1.54, 1.807) is 6.07 Å². The Morgan fingerprint density at radius 1 is 1.10 bits per heavy atom. The van der Waals surface area contributed by atoms with Crippen molar-refractivity contribution in [3.05, 3.63) is 64.7 Å². The highest BCUT2D eigenvalue weighted by Gasteiger charge is 2.55. The van der Waals surface area contributed by atoms with Gasteiger partial charge in [0.1, 0.15) is 13.6 Å². The van der Waals surface area contributed by atoms with Gasteiger partial charge in [-0.15, -0.1) is 0 Å². The lowest BCUT2D eigenvalue weighted by Crippen LogP contribution is -2.40. The number of carbonyl (C=O) groups excluding carboxylic acids is 2. The van der Waals surface area contributed by atoms with Gasteiger partial charge in [-0.25, -0.2) is 0 Å². The molecule has 8 heteroatoms. The van der Waals surface area contributed by atoms with Gasteiger partial charge in [0.05, 0.1) is 32.6 Å². The van der Waals surface area contributed by atoms with Gasteiger partial charge >= 0.3 is 0 Å². The molecule has 6 nitrogen and oxygen atoms in total. The van der Waals surface area contributed by atoms with Crippen molar-refractivity contribution in [2.45, 2.75) is 17.4 Å². The van der Waals surface area contributed by atoms with Crippen LogP contribution in [0.3, 0.4) is 0 Å². The van der Waals surface area contributed by atoms with E-state index in [4.69, 9.17) is 25.2 Å². The van der Waals surface area contributed by atoms with Crippen LogP contribution < -0.4 is 15.4 Å². The number of nitrogens with one attached hydrogen (secondary N) is 2. The lowest BCUT2D eigenvalue weighted by atomic mass is 9.53. The summed E-state index contributed by atoms with van der Waals surface area (Å²) in [6, 6.07) is 11.7. The highest BCUT2D eigenvalue weighted by atomic mass is 16.5. The standard InChI is InChI=1S/C22H20B2N2O4/c1-25-20(28)13-7-11(19(27)26-17-14-9-29-10-15(14)17)8-16-18(13)30-21(23)22(16,24)12-5-3-2-4-6-12/h2-8,14-15,17,21H,9-10H2,1H3,(H,25,28)(H,26,27). The largest absolute Gasteiger partial charge is 0.499 e. The molecular weight excluding hydrogens is 378 g/mol. The van der Waals surface area contributed by atoms with E-state index < -0.39 is 11.3 Å². The molecule has 4 unspecified atom stereocenters. The van der Waals surface area contributed by atoms with Gasteiger partial charge in [0.15, 0.2) is 0 Å². The van der Waals surface area contributed by atoms with E-state index in [9.17, 15) is 9.59 Å². The van der Waals surface area contributed by atoms with E-state index in [1.807, 2.05) is 30.3 Å². The predicted octanol–water partition coefficient (Wildman–Crippen LogP) is 0.720. The normalized spacial score (nSPS) is 30.7. The summed E-state index contributed by atoms with van der Waals surface area (Å²) in [7, 11) is 14.6. The number of hydrogen-bond acceptors (Lipinski definition) is 4. The highest BCUT2D eigenvalue weighted by Crippen LogP contribution is 2.47. The Hall–Kier alpha value is -2.73. The smallest absolute Gasteiger partial charge is 0.254 e. The van der Waals surface area contributed by atoms with Crippen LogP contribution in [0.4, 0.5) is 0 Å². The van der Waals surface area contributed by atoms with Crippen molar-refractivity contribution in [2.24, 2.45) is 11.8 Å². The minimum absolute atomic E-state index is 0.109. The van der Waals surface area contributed by atoms with E-state index >= 15 is 0 Å². The van der Waals surface area contributed by atoms with Crippen molar-refractivity contribution in [1.82, 2.24) is 10.6 Å². The fourth-order valence-corrected chi connectivity index (χ4v) is 4.59. The second kappa shape index (κ2) is 6.91. The molecule has 0 spiro atoms. The molecule has 4 radical (unpaired) electrons. The molecule has 3 aliphatic rings. The number of fused-ring (bicyclic) bond motifs is 2. The van der Waals surface area contributed by atoms with Crippen LogP contribution in [0.25, 0.3) is 0 Å². The van der Waals surface area contributed by atoms with Crippen LogP contribution in [0.5, 0.6) is 5.75 Å². The summed E-state index contributed by atoms with van der Waals surface area (Å²) in [5.41, 5.74) is 1.84. The first-order valence-electron chi connectivity index (χ1n) is 10.0. The molecule has 2 N–H and O–H groups in total. The second-order valence-corrected chi connectivity index (χ2v) is 8.12. The molecule has 2 fully saturated rings. The zero-order chi connectivity index (χ0) is 21.0. The molecule has 30 heavy (non-hydrogen) atoms. The number of rotatable bonds is 4. The molecule has 2 aromatic carbocycles. The first-order chi connectivity index (χ1) is 14.4. The van der Waals surface area contributed by atoms with Gasteiger partial charge < -0.3 is 20.1 Å². The summed E-state index contributed by atoms with van der Waals surface area (Å²) in [4.78, 5) is 25.6. The summed E-state index contributed by atoms with van der Waals surface area (Å²) >= 11 is 0. The predicted molar refractivity (Wildman–Crippen MR) is 112 cm³/mol. The van der Waals surface area contributed by atoms with Crippen LogP contribution in [0, 0.1) is 11.8 Å². The van der Waals surface area contributed by atoms with E-state index in [0.717, 1.165) is 5.56 Å². The quantitative estimate of drug-likeness (QED) is 0.745. The zero-order valence-electron chi connectivity index (χ0n) is 16.6. The van der Waals surface area contributed by atoms with Crippen LogP contribution in [-0.4, -0.2) is 59.8 Å². The van der Waals surface area contributed by atoms with E-state index in [-0.39, 0.29) is 23.4 Å². The molecule has 2 heterocycles. The highest BCUT2D eigenvalue weighted by molar-refractivity contribution is 6.27. The maximum Gasteiger partial charge on any atom is 0.254 e. The van der Waals surface area contributed by atoms with Crippen molar-refractivity contribution >= 4 is 27.5 Å². The SMILES string of the molecule is [B]C1Oc2c(C(=O)NC)cc(C(=O)NC3C4COCC43)cc2C1([B])c1ccccc1. The molecule has 1 saturated carbocycles. The Bertz CT molecular complexity index is 1020. The van der Waals surface area contributed by atoms with Crippen molar-refractivity contribution in [3.8, 4) is 5.75 Å². The number of amides is 2. The van der Waals surface area contributed by atoms with Crippen LogP contribution in [0.2, 0.25) is 0 Å². The van der Waals surface area contributed by atoms with Crippen molar-refractivity contribution in [3.63, 3.8) is 0 Å². The fourth-order valence-electron chi connectivity index (χ4n) is 4.59. The summed E-state index contributed by atoms with van der Waals surface area (Å²) in [5, 5.41) is 4.46. The fraction of sp³-hybridized carbons (Fsp3) is 0.364. The molecule has 0 aromatic heterocycles. The van der Waals surface area contributed by atoms with Gasteiger partial charge in [0.2, 0.25) is 0 Å². The lowest BCUT2D eigenvalue weighted by molar-refractivity contribution is 0.0929. The van der Waals surface area contributed by atoms with Gasteiger partial charge in [-0.2, -0.15) is 0 Å². The molecule has 1 saturated heterocycles. The van der Waals surface area contributed by atoms with Gasteiger partial charge in [0, 0.05) is 41.4 Å². The van der Waals surface area contributed by atoms with Crippen molar-refractivity contribution in [2.75, 3.05) is 20.3 Å².